The van der Waals surface area contributed by atoms with Crippen LogP contribution in [0, 0.1) is 6.92 Å². The summed E-state index contributed by atoms with van der Waals surface area (Å²) < 4.78 is 1.56. The zero-order valence-electron chi connectivity index (χ0n) is 6.28. The number of hydrogen-bond acceptors (Lipinski definition) is 2. The lowest BCUT2D eigenvalue weighted by Crippen LogP contribution is -2.43. The van der Waals surface area contributed by atoms with Gasteiger partial charge < -0.3 is 9.90 Å². The molecule has 58 valence electrons. The Balaban J connectivity index is 2.74. The van der Waals surface area contributed by atoms with Gasteiger partial charge >= 0.3 is 0 Å². The molecule has 0 fully saturated rings. The van der Waals surface area contributed by atoms with Gasteiger partial charge in [-0.25, -0.2) is 0 Å². The number of rotatable bonds is 2. The molecular formula is C8H9NO2. The molecule has 0 N–H and O–H groups in total. The van der Waals surface area contributed by atoms with Crippen LogP contribution in [0.4, 0.5) is 0 Å². The monoisotopic (exact) mass is 151 g/mol. The fraction of sp³-hybridized carbons (Fsp3) is 0.250. The normalized spacial score (nSPS) is 9.55. The van der Waals surface area contributed by atoms with E-state index in [4.69, 9.17) is 0 Å². The number of nitrogens with zero attached hydrogens (tertiary/aromatic N) is 1. The molecular weight excluding hydrogens is 142 g/mol. The minimum absolute atomic E-state index is 0.0831. The zero-order chi connectivity index (χ0) is 8.27. The van der Waals surface area contributed by atoms with Crippen LogP contribution in [0.5, 0.6) is 0 Å². The Hall–Kier alpha value is -1.38. The minimum atomic E-state index is -1.07. The maximum absolute atomic E-state index is 10.1. The number of carboxylic acid groups (broad SMARTS) is 1. The fourth-order valence-corrected chi connectivity index (χ4v) is 0.786. The van der Waals surface area contributed by atoms with Gasteiger partial charge in [0.2, 0.25) is 0 Å². The predicted octanol–water partition coefficient (Wildman–Crippen LogP) is -0.968. The molecule has 0 aromatic carbocycles. The van der Waals surface area contributed by atoms with Crippen molar-refractivity contribution in [1.29, 1.82) is 0 Å². The molecule has 0 bridgehead atoms. The van der Waals surface area contributed by atoms with Gasteiger partial charge in [-0.3, -0.25) is 0 Å². The molecule has 1 aromatic rings. The van der Waals surface area contributed by atoms with Gasteiger partial charge in [-0.15, -0.1) is 0 Å². The summed E-state index contributed by atoms with van der Waals surface area (Å²) in [6.45, 7) is 1.86. The van der Waals surface area contributed by atoms with Crippen molar-refractivity contribution in [1.82, 2.24) is 0 Å². The number of aliphatic carboxylic acids is 1. The Morgan fingerprint density at radius 1 is 1.55 bits per heavy atom. The van der Waals surface area contributed by atoms with E-state index in [1.807, 2.05) is 19.1 Å². The molecule has 1 aromatic heterocycles. The predicted molar refractivity (Wildman–Crippen MR) is 36.4 cm³/mol. The lowest BCUT2D eigenvalue weighted by molar-refractivity contribution is -0.690. The first-order valence-electron chi connectivity index (χ1n) is 3.34. The second-order valence-corrected chi connectivity index (χ2v) is 2.42. The van der Waals surface area contributed by atoms with Crippen LogP contribution >= 0.6 is 0 Å². The third kappa shape index (κ3) is 2.37. The van der Waals surface area contributed by atoms with Crippen LogP contribution in [0.3, 0.4) is 0 Å². The van der Waals surface area contributed by atoms with Crippen molar-refractivity contribution in [3.63, 3.8) is 0 Å². The Kier molecular flexibility index (Phi) is 2.21. The molecule has 0 radical (unpaired) electrons. The van der Waals surface area contributed by atoms with E-state index in [1.165, 1.54) is 0 Å². The lowest BCUT2D eigenvalue weighted by Gasteiger charge is -1.96. The Bertz CT molecular complexity index is 253. The summed E-state index contributed by atoms with van der Waals surface area (Å²) in [5.74, 6) is -1.07. The molecule has 0 saturated carbocycles. The van der Waals surface area contributed by atoms with Crippen molar-refractivity contribution in [3.05, 3.63) is 30.1 Å². The molecule has 0 saturated heterocycles. The van der Waals surface area contributed by atoms with Crippen LogP contribution in [0.1, 0.15) is 5.56 Å². The first kappa shape index (κ1) is 7.72. The summed E-state index contributed by atoms with van der Waals surface area (Å²) in [5.41, 5.74) is 1.11. The summed E-state index contributed by atoms with van der Waals surface area (Å²) in [7, 11) is 0. The first-order valence-corrected chi connectivity index (χ1v) is 3.34. The number of aryl methyl sites for hydroxylation is 1. The average Bonchev–Trinajstić information content (AvgIpc) is 1.93. The van der Waals surface area contributed by atoms with Gasteiger partial charge in [0.25, 0.3) is 0 Å². The molecule has 0 spiro atoms. The van der Waals surface area contributed by atoms with Crippen LogP contribution < -0.4 is 9.67 Å². The van der Waals surface area contributed by atoms with Crippen LogP contribution in [0.2, 0.25) is 0 Å². The van der Waals surface area contributed by atoms with Crippen molar-refractivity contribution in [2.45, 2.75) is 13.5 Å². The Morgan fingerprint density at radius 2 is 2.09 bits per heavy atom. The van der Waals surface area contributed by atoms with Crippen molar-refractivity contribution >= 4 is 5.97 Å². The van der Waals surface area contributed by atoms with E-state index in [1.54, 1.807) is 17.0 Å². The molecule has 3 nitrogen and oxygen atoms in total. The molecule has 0 aliphatic rings. The molecule has 3 heteroatoms. The summed E-state index contributed by atoms with van der Waals surface area (Å²) >= 11 is 0. The van der Waals surface area contributed by atoms with Gasteiger partial charge in [0.05, 0.1) is 0 Å². The Labute approximate surface area is 64.9 Å². The van der Waals surface area contributed by atoms with E-state index in [2.05, 4.69) is 0 Å². The largest absolute Gasteiger partial charge is 0.544 e. The van der Waals surface area contributed by atoms with Crippen LogP contribution in [0.25, 0.3) is 0 Å². The van der Waals surface area contributed by atoms with E-state index < -0.39 is 5.97 Å². The molecule has 0 unspecified atom stereocenters. The lowest BCUT2D eigenvalue weighted by atomic mass is 10.3. The quantitative estimate of drug-likeness (QED) is 0.510. The van der Waals surface area contributed by atoms with Gasteiger partial charge in [-0.1, -0.05) is 0 Å². The van der Waals surface area contributed by atoms with Crippen molar-refractivity contribution in [2.75, 3.05) is 0 Å². The van der Waals surface area contributed by atoms with E-state index in [0.717, 1.165) is 5.56 Å². The van der Waals surface area contributed by atoms with Gasteiger partial charge in [-0.2, -0.15) is 4.57 Å². The topological polar surface area (TPSA) is 44.0 Å². The third-order valence-electron chi connectivity index (χ3n) is 1.37. The zero-order valence-corrected chi connectivity index (χ0v) is 6.28. The van der Waals surface area contributed by atoms with E-state index in [9.17, 15) is 9.90 Å². The SMILES string of the molecule is Cc1cc[n+](CC(=O)[O-])cc1. The first-order chi connectivity index (χ1) is 5.18. The second-order valence-electron chi connectivity index (χ2n) is 2.42. The van der Waals surface area contributed by atoms with Crippen molar-refractivity contribution in [2.24, 2.45) is 0 Å². The number of hydrogen-bond donors (Lipinski definition) is 0. The maximum Gasteiger partial charge on any atom is 0.187 e. The highest BCUT2D eigenvalue weighted by Crippen LogP contribution is 1.88. The minimum Gasteiger partial charge on any atom is -0.544 e. The molecule has 0 aliphatic carbocycles. The Morgan fingerprint density at radius 3 is 2.55 bits per heavy atom. The maximum atomic E-state index is 10.1. The summed E-state index contributed by atoms with van der Waals surface area (Å²) in [5, 5.41) is 10.1. The number of pyridine rings is 1. The summed E-state index contributed by atoms with van der Waals surface area (Å²) in [6, 6.07) is 3.70. The van der Waals surface area contributed by atoms with E-state index in [-0.39, 0.29) is 6.54 Å². The standard InChI is InChI=1S/C8H9NO2/c1-7-2-4-9(5-3-7)6-8(10)11/h2-5H,6H2,1H3. The number of carbonyl (C=O) groups excluding carboxylic acids is 1. The second kappa shape index (κ2) is 3.14. The highest BCUT2D eigenvalue weighted by molar-refractivity contribution is 5.62. The molecule has 0 amide bonds. The number of aromatic nitrogens is 1. The summed E-state index contributed by atoms with van der Waals surface area (Å²) in [4.78, 5) is 10.1. The van der Waals surface area contributed by atoms with Gasteiger partial charge in [0.15, 0.2) is 18.9 Å². The highest BCUT2D eigenvalue weighted by Gasteiger charge is 1.97. The number of carbonyl (C=O) groups is 1. The van der Waals surface area contributed by atoms with E-state index >= 15 is 0 Å². The summed E-state index contributed by atoms with van der Waals surface area (Å²) in [6.07, 6.45) is 3.43. The molecule has 0 aliphatic heterocycles. The molecule has 1 rings (SSSR count). The third-order valence-corrected chi connectivity index (χ3v) is 1.37. The van der Waals surface area contributed by atoms with Crippen LogP contribution in [0.15, 0.2) is 24.5 Å². The van der Waals surface area contributed by atoms with Gasteiger partial charge in [-0.05, 0) is 12.5 Å². The molecule has 11 heavy (non-hydrogen) atoms. The fourth-order valence-electron chi connectivity index (χ4n) is 0.786. The average molecular weight is 151 g/mol. The van der Waals surface area contributed by atoms with E-state index in [0.29, 0.717) is 0 Å². The molecule has 1 heterocycles. The number of carboxylic acids is 1. The van der Waals surface area contributed by atoms with Crippen molar-refractivity contribution in [3.8, 4) is 0 Å². The van der Waals surface area contributed by atoms with Gasteiger partial charge in [0.1, 0.15) is 5.97 Å². The van der Waals surface area contributed by atoms with Crippen LogP contribution in [-0.4, -0.2) is 5.97 Å². The van der Waals surface area contributed by atoms with Gasteiger partial charge in [0, 0.05) is 12.1 Å². The van der Waals surface area contributed by atoms with Crippen LogP contribution in [-0.2, 0) is 11.3 Å². The smallest absolute Gasteiger partial charge is 0.187 e. The van der Waals surface area contributed by atoms with Crippen molar-refractivity contribution < 1.29 is 14.5 Å². The highest BCUT2D eigenvalue weighted by atomic mass is 16.4. The molecule has 0 atom stereocenters.